The summed E-state index contributed by atoms with van der Waals surface area (Å²) in [5, 5.41) is 10.5. The zero-order chi connectivity index (χ0) is 31.2. The van der Waals surface area contributed by atoms with E-state index in [2.05, 4.69) is 59.8 Å². The van der Waals surface area contributed by atoms with Gasteiger partial charge in [0.15, 0.2) is 11.5 Å². The van der Waals surface area contributed by atoms with Gasteiger partial charge < -0.3 is 19.3 Å². The third kappa shape index (κ3) is 5.36. The molecule has 1 N–H and O–H groups in total. The summed E-state index contributed by atoms with van der Waals surface area (Å²) in [4.78, 5) is 14.2. The fraction of sp³-hybridized carbons (Fsp3) is 0.711. The molecule has 5 heteroatoms. The summed E-state index contributed by atoms with van der Waals surface area (Å²) in [6.45, 7) is 14.2. The van der Waals surface area contributed by atoms with Crippen LogP contribution < -0.4 is 9.47 Å². The molecule has 1 aromatic rings. The van der Waals surface area contributed by atoms with E-state index in [1.54, 1.807) is 32.4 Å². The Kier molecular flexibility index (Phi) is 9.16. The van der Waals surface area contributed by atoms with Crippen molar-refractivity contribution in [1.29, 1.82) is 0 Å². The van der Waals surface area contributed by atoms with E-state index in [-0.39, 0.29) is 28.8 Å². The van der Waals surface area contributed by atoms with Gasteiger partial charge in [-0.3, -0.25) is 0 Å². The number of aliphatic hydroxyl groups excluding tert-OH is 1. The molecule has 9 atom stereocenters. The van der Waals surface area contributed by atoms with Crippen LogP contribution in [0.2, 0.25) is 0 Å². The minimum atomic E-state index is -0.545. The fourth-order valence-corrected chi connectivity index (χ4v) is 10.2. The Morgan fingerprint density at radius 1 is 1.00 bits per heavy atom. The number of aliphatic hydroxyl groups is 1. The first kappa shape index (κ1) is 32.1. The van der Waals surface area contributed by atoms with E-state index in [1.807, 2.05) is 0 Å². The molecule has 5 nitrogen and oxygen atoms in total. The van der Waals surface area contributed by atoms with Crippen molar-refractivity contribution in [3.63, 3.8) is 0 Å². The number of carbonyl (C=O) groups is 1. The minimum Gasteiger partial charge on any atom is -0.493 e. The predicted octanol–water partition coefficient (Wildman–Crippen LogP) is 8.80. The Labute approximate surface area is 260 Å². The Balaban J connectivity index is 1.54. The molecule has 3 fully saturated rings. The molecule has 0 amide bonds. The first-order valence-corrected chi connectivity index (χ1v) is 16.9. The molecule has 1 aromatic carbocycles. The third-order valence-electron chi connectivity index (χ3n) is 12.8. The van der Waals surface area contributed by atoms with Crippen molar-refractivity contribution < 1.29 is 24.1 Å². The van der Waals surface area contributed by atoms with Crippen LogP contribution in [0.3, 0.4) is 0 Å². The van der Waals surface area contributed by atoms with Gasteiger partial charge in [0, 0.05) is 11.3 Å². The number of hydrogen-bond acceptors (Lipinski definition) is 5. The lowest BCUT2D eigenvalue weighted by atomic mass is 9.45. The Hall–Kier alpha value is -2.27. The second-order valence-corrected chi connectivity index (χ2v) is 15.0. The molecular formula is C38H56O5. The van der Waals surface area contributed by atoms with Gasteiger partial charge in [-0.25, -0.2) is 4.79 Å². The maximum Gasteiger partial charge on any atom is 0.338 e. The lowest BCUT2D eigenvalue weighted by molar-refractivity contribution is -0.184. The summed E-state index contributed by atoms with van der Waals surface area (Å²) in [5.41, 5.74) is 1.33. The number of carbonyl (C=O) groups excluding carboxylic acids is 1. The van der Waals surface area contributed by atoms with Crippen LogP contribution in [0.4, 0.5) is 0 Å². The smallest absolute Gasteiger partial charge is 0.338 e. The molecule has 0 spiro atoms. The molecule has 238 valence electrons. The predicted molar refractivity (Wildman–Crippen MR) is 172 cm³/mol. The van der Waals surface area contributed by atoms with Crippen molar-refractivity contribution in [2.75, 3.05) is 14.2 Å². The van der Waals surface area contributed by atoms with Crippen LogP contribution >= 0.6 is 0 Å². The van der Waals surface area contributed by atoms with Crippen molar-refractivity contribution in [2.45, 2.75) is 111 Å². The number of rotatable bonds is 9. The van der Waals surface area contributed by atoms with Gasteiger partial charge in [-0.1, -0.05) is 65.3 Å². The van der Waals surface area contributed by atoms with Gasteiger partial charge in [0.25, 0.3) is 0 Å². The van der Waals surface area contributed by atoms with Gasteiger partial charge in [-0.2, -0.15) is 0 Å². The van der Waals surface area contributed by atoms with Gasteiger partial charge >= 0.3 is 5.97 Å². The van der Waals surface area contributed by atoms with Crippen molar-refractivity contribution >= 4 is 5.97 Å². The SMILES string of the molecule is CCC(C=CC(C)C1CCC2(OC(=O)c3ccc(OC)c(OC)c3)C3CC=C4CC(O)CCC4(C)C3CCC12C)C(C)C. The minimum absolute atomic E-state index is 0.0570. The van der Waals surface area contributed by atoms with Gasteiger partial charge in [-0.15, -0.1) is 0 Å². The van der Waals surface area contributed by atoms with Gasteiger partial charge in [0.05, 0.1) is 25.9 Å². The molecule has 9 unspecified atom stereocenters. The van der Waals surface area contributed by atoms with Crippen molar-refractivity contribution in [3.05, 3.63) is 47.6 Å². The van der Waals surface area contributed by atoms with Gasteiger partial charge in [0.1, 0.15) is 5.60 Å². The number of hydrogen-bond donors (Lipinski definition) is 1. The average Bonchev–Trinajstić information content (AvgIpc) is 3.29. The summed E-state index contributed by atoms with van der Waals surface area (Å²) in [6, 6.07) is 5.35. The molecule has 0 heterocycles. The molecule has 0 saturated heterocycles. The van der Waals surface area contributed by atoms with E-state index in [1.165, 1.54) is 5.57 Å². The first-order chi connectivity index (χ1) is 20.4. The summed E-state index contributed by atoms with van der Waals surface area (Å²) in [5.74, 6) is 3.65. The number of ether oxygens (including phenoxy) is 3. The number of allylic oxidation sites excluding steroid dienone is 3. The fourth-order valence-electron chi connectivity index (χ4n) is 10.2. The van der Waals surface area contributed by atoms with E-state index in [9.17, 15) is 9.90 Å². The van der Waals surface area contributed by atoms with Gasteiger partial charge in [-0.05, 0) is 111 Å². The maximum absolute atomic E-state index is 14.2. The van der Waals surface area contributed by atoms with Crippen LogP contribution in [0, 0.1) is 46.3 Å². The molecule has 4 aliphatic carbocycles. The van der Waals surface area contributed by atoms with E-state index in [0.29, 0.717) is 46.7 Å². The Bertz CT molecular complexity index is 1230. The quantitative estimate of drug-likeness (QED) is 0.229. The Morgan fingerprint density at radius 2 is 1.74 bits per heavy atom. The maximum atomic E-state index is 14.2. The topological polar surface area (TPSA) is 65.0 Å². The largest absolute Gasteiger partial charge is 0.493 e. The van der Waals surface area contributed by atoms with Crippen LogP contribution in [0.15, 0.2) is 42.0 Å². The molecular weight excluding hydrogens is 536 g/mol. The standard InChI is InChI=1S/C38H56O5/c1-9-26(24(2)3)11-10-25(4)30-18-21-38(43-35(40)27-12-15-33(41-7)34(22-27)42-8)32-14-13-28-23-29(39)16-19-36(28,5)31(32)17-20-37(30,38)6/h10-13,15,22,24-26,29-32,39H,9,14,16-21,23H2,1-8H3. The number of methoxy groups -OCH3 is 2. The van der Waals surface area contributed by atoms with Crippen LogP contribution in [-0.2, 0) is 4.74 Å². The lowest BCUT2D eigenvalue weighted by Gasteiger charge is -2.62. The van der Waals surface area contributed by atoms with Crippen LogP contribution in [0.5, 0.6) is 11.5 Å². The molecule has 0 aliphatic heterocycles. The van der Waals surface area contributed by atoms with E-state index >= 15 is 0 Å². The van der Waals surface area contributed by atoms with Gasteiger partial charge in [0.2, 0.25) is 0 Å². The van der Waals surface area contributed by atoms with Crippen LogP contribution in [0.1, 0.15) is 110 Å². The lowest BCUT2D eigenvalue weighted by Crippen LogP contribution is -2.62. The third-order valence-corrected chi connectivity index (χ3v) is 12.8. The summed E-state index contributed by atoms with van der Waals surface area (Å²) >= 11 is 0. The van der Waals surface area contributed by atoms with E-state index < -0.39 is 5.60 Å². The second-order valence-electron chi connectivity index (χ2n) is 15.0. The highest BCUT2D eigenvalue weighted by Crippen LogP contribution is 2.70. The summed E-state index contributed by atoms with van der Waals surface area (Å²) < 4.78 is 18.0. The average molecular weight is 593 g/mol. The number of fused-ring (bicyclic) bond motifs is 5. The normalized spacial score (nSPS) is 36.7. The zero-order valence-corrected chi connectivity index (χ0v) is 27.9. The highest BCUT2D eigenvalue weighted by molar-refractivity contribution is 5.90. The zero-order valence-electron chi connectivity index (χ0n) is 27.9. The molecule has 4 aliphatic rings. The first-order valence-electron chi connectivity index (χ1n) is 16.9. The van der Waals surface area contributed by atoms with Crippen molar-refractivity contribution in [1.82, 2.24) is 0 Å². The summed E-state index contributed by atoms with van der Waals surface area (Å²) in [7, 11) is 3.21. The van der Waals surface area contributed by atoms with E-state index in [0.717, 1.165) is 57.8 Å². The van der Waals surface area contributed by atoms with Crippen molar-refractivity contribution in [3.8, 4) is 11.5 Å². The monoisotopic (exact) mass is 592 g/mol. The molecule has 0 bridgehead atoms. The Morgan fingerprint density at radius 3 is 2.42 bits per heavy atom. The molecule has 5 rings (SSSR count). The molecule has 43 heavy (non-hydrogen) atoms. The second kappa shape index (κ2) is 12.3. The highest BCUT2D eigenvalue weighted by atomic mass is 16.6. The van der Waals surface area contributed by atoms with Crippen LogP contribution in [-0.4, -0.2) is 37.0 Å². The number of benzene rings is 1. The highest BCUT2D eigenvalue weighted by Gasteiger charge is 2.69. The van der Waals surface area contributed by atoms with Crippen molar-refractivity contribution in [2.24, 2.45) is 46.3 Å². The summed E-state index contributed by atoms with van der Waals surface area (Å²) in [6.07, 6.45) is 16.0. The number of esters is 1. The molecule has 3 saturated carbocycles. The molecule has 0 radical (unpaired) electrons. The molecule has 0 aromatic heterocycles. The van der Waals surface area contributed by atoms with Crippen LogP contribution in [0.25, 0.3) is 0 Å². The van der Waals surface area contributed by atoms with E-state index in [4.69, 9.17) is 14.2 Å².